The zero-order valence-corrected chi connectivity index (χ0v) is 16.1. The van der Waals surface area contributed by atoms with Crippen LogP contribution in [0, 0.1) is 5.92 Å². The first-order valence-electron chi connectivity index (χ1n) is 9.00. The summed E-state index contributed by atoms with van der Waals surface area (Å²) in [5.74, 6) is 0.356. The van der Waals surface area contributed by atoms with Gasteiger partial charge in [0.2, 0.25) is 15.9 Å². The van der Waals surface area contributed by atoms with Crippen molar-refractivity contribution in [3.05, 3.63) is 46.7 Å². The highest BCUT2D eigenvalue weighted by Gasteiger charge is 2.44. The van der Waals surface area contributed by atoms with Crippen LogP contribution in [0.4, 0.5) is 5.69 Å². The Bertz CT molecular complexity index is 870. The Morgan fingerprint density at radius 1 is 1.08 bits per heavy atom. The minimum atomic E-state index is -3.43. The van der Waals surface area contributed by atoms with Crippen LogP contribution in [0.1, 0.15) is 36.5 Å². The molecular formula is C19H22N2O3S2. The number of nitrogens with one attached hydrogen (secondary N) is 1. The van der Waals surface area contributed by atoms with Crippen molar-refractivity contribution >= 4 is 33.0 Å². The van der Waals surface area contributed by atoms with Crippen molar-refractivity contribution in [1.82, 2.24) is 4.31 Å². The number of hydrogen-bond donors (Lipinski definition) is 1. The van der Waals surface area contributed by atoms with Gasteiger partial charge >= 0.3 is 0 Å². The van der Waals surface area contributed by atoms with Gasteiger partial charge in [-0.1, -0.05) is 12.5 Å². The first-order chi connectivity index (χ1) is 12.6. The molecule has 2 fully saturated rings. The standard InChI is InChI=1S/C19H22N2O3S2/c22-19(17-13-16(17)18-5-4-12-25-18)20-14-6-8-15(9-7-14)26(23,24)21-10-2-1-3-11-21/h4-9,12,16-17H,1-3,10-11,13H2,(H,20,22). The average molecular weight is 391 g/mol. The zero-order chi connectivity index (χ0) is 18.1. The summed E-state index contributed by atoms with van der Waals surface area (Å²) in [6.45, 7) is 1.18. The molecule has 0 bridgehead atoms. The van der Waals surface area contributed by atoms with E-state index in [1.165, 1.54) is 4.88 Å². The van der Waals surface area contributed by atoms with Gasteiger partial charge in [-0.3, -0.25) is 4.79 Å². The summed E-state index contributed by atoms with van der Waals surface area (Å²) < 4.78 is 26.9. The maximum Gasteiger partial charge on any atom is 0.243 e. The monoisotopic (exact) mass is 390 g/mol. The summed E-state index contributed by atoms with van der Waals surface area (Å²) in [7, 11) is -3.43. The Kier molecular flexibility index (Phi) is 4.86. The van der Waals surface area contributed by atoms with E-state index in [9.17, 15) is 13.2 Å². The molecule has 2 unspecified atom stereocenters. The van der Waals surface area contributed by atoms with Gasteiger partial charge in [-0.05, 0) is 55.0 Å². The van der Waals surface area contributed by atoms with E-state index in [0.29, 0.717) is 29.6 Å². The Labute approximate surface area is 158 Å². The van der Waals surface area contributed by atoms with Gasteiger partial charge in [0.25, 0.3) is 0 Å². The second kappa shape index (κ2) is 7.13. The lowest BCUT2D eigenvalue weighted by Crippen LogP contribution is -2.35. The van der Waals surface area contributed by atoms with Gasteiger partial charge in [0.15, 0.2) is 0 Å². The molecule has 1 N–H and O–H groups in total. The summed E-state index contributed by atoms with van der Waals surface area (Å²) in [6, 6.07) is 10.6. The second-order valence-corrected chi connectivity index (χ2v) is 9.86. The molecule has 1 aromatic heterocycles. The van der Waals surface area contributed by atoms with Gasteiger partial charge in [0.1, 0.15) is 0 Å². The van der Waals surface area contributed by atoms with Crippen LogP contribution in [0.2, 0.25) is 0 Å². The molecule has 1 aromatic carbocycles. The number of hydrogen-bond acceptors (Lipinski definition) is 4. The number of amides is 1. The SMILES string of the molecule is O=C(Nc1ccc(S(=O)(=O)N2CCCCC2)cc1)C1CC1c1cccs1. The molecule has 0 radical (unpaired) electrons. The number of sulfonamides is 1. The number of rotatable bonds is 5. The Morgan fingerprint density at radius 2 is 1.81 bits per heavy atom. The van der Waals surface area contributed by atoms with Gasteiger partial charge in [0.05, 0.1) is 4.90 Å². The second-order valence-electron chi connectivity index (χ2n) is 6.94. The molecule has 26 heavy (non-hydrogen) atoms. The van der Waals surface area contributed by atoms with Crippen molar-refractivity contribution < 1.29 is 13.2 Å². The minimum absolute atomic E-state index is 0.00929. The van der Waals surface area contributed by atoms with Crippen LogP contribution in [0.25, 0.3) is 0 Å². The average Bonchev–Trinajstić information content (AvgIpc) is 3.28. The molecule has 1 aliphatic carbocycles. The number of anilines is 1. The predicted octanol–water partition coefficient (Wildman–Crippen LogP) is 3.66. The largest absolute Gasteiger partial charge is 0.326 e. The maximum absolute atomic E-state index is 12.7. The summed E-state index contributed by atoms with van der Waals surface area (Å²) in [5, 5.41) is 4.94. The maximum atomic E-state index is 12.7. The molecule has 138 valence electrons. The highest BCUT2D eigenvalue weighted by Crippen LogP contribution is 2.49. The van der Waals surface area contributed by atoms with Crippen molar-refractivity contribution in [2.24, 2.45) is 5.92 Å². The van der Waals surface area contributed by atoms with E-state index >= 15 is 0 Å². The minimum Gasteiger partial charge on any atom is -0.326 e. The normalized spacial score (nSPS) is 23.5. The quantitative estimate of drug-likeness (QED) is 0.847. The number of benzene rings is 1. The van der Waals surface area contributed by atoms with Crippen LogP contribution < -0.4 is 5.32 Å². The van der Waals surface area contributed by atoms with Crippen molar-refractivity contribution in [3.63, 3.8) is 0 Å². The molecular weight excluding hydrogens is 368 g/mol. The van der Waals surface area contributed by atoms with Crippen LogP contribution in [-0.2, 0) is 14.8 Å². The first-order valence-corrected chi connectivity index (χ1v) is 11.3. The van der Waals surface area contributed by atoms with E-state index < -0.39 is 10.0 Å². The molecule has 2 atom stereocenters. The number of carbonyl (C=O) groups excluding carboxylic acids is 1. The van der Waals surface area contributed by atoms with E-state index in [1.54, 1.807) is 39.9 Å². The lowest BCUT2D eigenvalue weighted by Gasteiger charge is -2.25. The third kappa shape index (κ3) is 3.56. The molecule has 1 amide bonds. The summed E-state index contributed by atoms with van der Waals surface area (Å²) in [6.07, 6.45) is 3.80. The number of piperidine rings is 1. The molecule has 5 nitrogen and oxygen atoms in total. The molecule has 1 saturated heterocycles. The zero-order valence-electron chi connectivity index (χ0n) is 14.4. The topological polar surface area (TPSA) is 66.5 Å². The Morgan fingerprint density at radius 3 is 2.46 bits per heavy atom. The molecule has 1 saturated carbocycles. The van der Waals surface area contributed by atoms with Crippen LogP contribution in [0.15, 0.2) is 46.7 Å². The van der Waals surface area contributed by atoms with Crippen molar-refractivity contribution in [1.29, 1.82) is 0 Å². The molecule has 1 aliphatic heterocycles. The molecule has 0 spiro atoms. The highest BCUT2D eigenvalue weighted by molar-refractivity contribution is 7.89. The number of thiophene rings is 1. The fourth-order valence-electron chi connectivity index (χ4n) is 3.50. The fourth-order valence-corrected chi connectivity index (χ4v) is 5.92. The van der Waals surface area contributed by atoms with E-state index in [0.717, 1.165) is 25.7 Å². The van der Waals surface area contributed by atoms with Gasteiger partial charge in [-0.15, -0.1) is 11.3 Å². The highest BCUT2D eigenvalue weighted by atomic mass is 32.2. The molecule has 4 rings (SSSR count). The van der Waals surface area contributed by atoms with Crippen LogP contribution in [0.5, 0.6) is 0 Å². The third-order valence-electron chi connectivity index (χ3n) is 5.11. The number of nitrogens with zero attached hydrogens (tertiary/aromatic N) is 1. The van der Waals surface area contributed by atoms with Gasteiger partial charge in [-0.25, -0.2) is 8.42 Å². The first kappa shape index (κ1) is 17.7. The molecule has 2 aromatic rings. The summed E-state index contributed by atoms with van der Waals surface area (Å²) in [4.78, 5) is 13.9. The van der Waals surface area contributed by atoms with Gasteiger partial charge in [0, 0.05) is 35.5 Å². The van der Waals surface area contributed by atoms with Gasteiger partial charge in [-0.2, -0.15) is 4.31 Å². The van der Waals surface area contributed by atoms with Crippen molar-refractivity contribution in [2.75, 3.05) is 18.4 Å². The van der Waals surface area contributed by atoms with Crippen LogP contribution >= 0.6 is 11.3 Å². The molecule has 7 heteroatoms. The number of carbonyl (C=O) groups is 1. The van der Waals surface area contributed by atoms with Crippen LogP contribution in [0.3, 0.4) is 0 Å². The van der Waals surface area contributed by atoms with Crippen molar-refractivity contribution in [2.45, 2.75) is 36.5 Å². The smallest absolute Gasteiger partial charge is 0.243 e. The predicted molar refractivity (Wildman–Crippen MR) is 103 cm³/mol. The fraction of sp³-hybridized carbons (Fsp3) is 0.421. The third-order valence-corrected chi connectivity index (χ3v) is 8.03. The summed E-state index contributed by atoms with van der Waals surface area (Å²) >= 11 is 1.69. The lowest BCUT2D eigenvalue weighted by atomic mass is 10.2. The Hall–Kier alpha value is -1.70. The van der Waals surface area contributed by atoms with E-state index in [4.69, 9.17) is 0 Å². The van der Waals surface area contributed by atoms with Gasteiger partial charge < -0.3 is 5.32 Å². The lowest BCUT2D eigenvalue weighted by molar-refractivity contribution is -0.117. The van der Waals surface area contributed by atoms with E-state index in [1.807, 2.05) is 11.4 Å². The van der Waals surface area contributed by atoms with Crippen LogP contribution in [-0.4, -0.2) is 31.7 Å². The summed E-state index contributed by atoms with van der Waals surface area (Å²) in [5.41, 5.74) is 0.643. The Balaban J connectivity index is 1.39. The van der Waals surface area contributed by atoms with E-state index in [2.05, 4.69) is 11.4 Å². The van der Waals surface area contributed by atoms with E-state index in [-0.39, 0.29) is 11.8 Å². The molecule has 2 aliphatic rings. The van der Waals surface area contributed by atoms with Crippen molar-refractivity contribution in [3.8, 4) is 0 Å². The molecule has 2 heterocycles.